The lowest BCUT2D eigenvalue weighted by molar-refractivity contribution is 0.705. The van der Waals surface area contributed by atoms with E-state index in [0.29, 0.717) is 12.3 Å². The lowest BCUT2D eigenvalue weighted by atomic mass is 10.0. The summed E-state index contributed by atoms with van der Waals surface area (Å²) in [7, 11) is 0. The molecule has 0 N–H and O–H groups in total. The van der Waals surface area contributed by atoms with Gasteiger partial charge < -0.3 is 0 Å². The number of thiocarbonyl (C=S) groups is 1. The standard InChI is InChI=1S/C7H11NS/c1-6(7(2)9)4-3-5-8/h6H,3-4H2,1-2H3. The van der Waals surface area contributed by atoms with Crippen LogP contribution in [0.5, 0.6) is 0 Å². The molecule has 0 spiro atoms. The van der Waals surface area contributed by atoms with E-state index in [0.717, 1.165) is 11.3 Å². The fourth-order valence-corrected chi connectivity index (χ4v) is 0.602. The molecule has 0 aliphatic heterocycles. The summed E-state index contributed by atoms with van der Waals surface area (Å²) < 4.78 is 0. The molecule has 50 valence electrons. The first kappa shape index (κ1) is 8.58. The van der Waals surface area contributed by atoms with Crippen molar-refractivity contribution in [2.24, 2.45) is 5.92 Å². The van der Waals surface area contributed by atoms with Crippen LogP contribution in [0.1, 0.15) is 26.7 Å². The Kier molecular flexibility index (Phi) is 4.25. The van der Waals surface area contributed by atoms with Crippen molar-refractivity contribution in [1.29, 1.82) is 5.26 Å². The fourth-order valence-electron chi connectivity index (χ4n) is 0.484. The van der Waals surface area contributed by atoms with E-state index in [2.05, 4.69) is 13.0 Å². The first-order valence-electron chi connectivity index (χ1n) is 3.06. The number of rotatable bonds is 3. The Balaban J connectivity index is 3.41. The average Bonchev–Trinajstić information content (AvgIpc) is 1.82. The predicted octanol–water partition coefficient (Wildman–Crippen LogP) is 2.32. The molecular weight excluding hydrogens is 130 g/mol. The Morgan fingerprint density at radius 2 is 2.33 bits per heavy atom. The van der Waals surface area contributed by atoms with Crippen LogP contribution in [0, 0.1) is 17.2 Å². The van der Waals surface area contributed by atoms with Gasteiger partial charge in [0.05, 0.1) is 6.07 Å². The van der Waals surface area contributed by atoms with Crippen LogP contribution in [0.15, 0.2) is 0 Å². The van der Waals surface area contributed by atoms with Gasteiger partial charge in [0.15, 0.2) is 0 Å². The zero-order valence-corrected chi connectivity index (χ0v) is 6.66. The van der Waals surface area contributed by atoms with Crippen molar-refractivity contribution in [2.75, 3.05) is 0 Å². The number of hydrogen-bond acceptors (Lipinski definition) is 2. The minimum absolute atomic E-state index is 0.430. The van der Waals surface area contributed by atoms with Gasteiger partial charge in [-0.3, -0.25) is 0 Å². The van der Waals surface area contributed by atoms with Gasteiger partial charge in [0, 0.05) is 6.42 Å². The van der Waals surface area contributed by atoms with Crippen LogP contribution in [-0.2, 0) is 0 Å². The van der Waals surface area contributed by atoms with Crippen LogP contribution in [0.2, 0.25) is 0 Å². The third-order valence-electron chi connectivity index (χ3n) is 1.38. The summed E-state index contributed by atoms with van der Waals surface area (Å²) in [6.07, 6.45) is 1.53. The monoisotopic (exact) mass is 141 g/mol. The molecule has 0 aromatic rings. The molecule has 0 radical (unpaired) electrons. The highest BCUT2D eigenvalue weighted by molar-refractivity contribution is 7.80. The van der Waals surface area contributed by atoms with Crippen molar-refractivity contribution in [3.8, 4) is 6.07 Å². The third kappa shape index (κ3) is 4.11. The number of nitrogens with zero attached hydrogens (tertiary/aromatic N) is 1. The molecule has 1 atom stereocenters. The molecule has 1 nitrogen and oxygen atoms in total. The molecule has 9 heavy (non-hydrogen) atoms. The normalized spacial score (nSPS) is 12.1. The molecule has 1 unspecified atom stereocenters. The van der Waals surface area contributed by atoms with E-state index in [4.69, 9.17) is 17.5 Å². The molecule has 0 amide bonds. The SMILES string of the molecule is CC(=S)C(C)CCC#N. The molecule has 0 saturated heterocycles. The molecule has 0 aliphatic rings. The second-order valence-corrected chi connectivity index (χ2v) is 2.85. The van der Waals surface area contributed by atoms with E-state index in [1.165, 1.54) is 0 Å². The molecule has 0 aromatic heterocycles. The maximum atomic E-state index is 8.20. The molecular formula is C7H11NS. The quantitative estimate of drug-likeness (QED) is 0.563. The summed E-state index contributed by atoms with van der Waals surface area (Å²) in [5, 5.41) is 8.20. The Hall–Kier alpha value is -0.420. The van der Waals surface area contributed by atoms with Crippen molar-refractivity contribution in [3.63, 3.8) is 0 Å². The molecule has 0 aromatic carbocycles. The zero-order chi connectivity index (χ0) is 7.28. The van der Waals surface area contributed by atoms with Gasteiger partial charge in [-0.1, -0.05) is 19.1 Å². The van der Waals surface area contributed by atoms with E-state index in [1.807, 2.05) is 6.92 Å². The highest BCUT2D eigenvalue weighted by Gasteiger charge is 2.01. The van der Waals surface area contributed by atoms with Crippen LogP contribution in [-0.4, -0.2) is 4.86 Å². The molecule has 0 aliphatic carbocycles. The van der Waals surface area contributed by atoms with E-state index < -0.39 is 0 Å². The molecule has 2 heteroatoms. The van der Waals surface area contributed by atoms with Gasteiger partial charge >= 0.3 is 0 Å². The smallest absolute Gasteiger partial charge is 0.0621 e. The Morgan fingerprint density at radius 3 is 2.67 bits per heavy atom. The molecule has 0 rings (SSSR count). The number of hydrogen-bond donors (Lipinski definition) is 0. The van der Waals surface area contributed by atoms with Crippen LogP contribution in [0.25, 0.3) is 0 Å². The summed E-state index contributed by atoms with van der Waals surface area (Å²) in [5.41, 5.74) is 0. The lowest BCUT2D eigenvalue weighted by Crippen LogP contribution is -2.02. The summed E-state index contributed by atoms with van der Waals surface area (Å²) in [6, 6.07) is 2.09. The van der Waals surface area contributed by atoms with E-state index in [9.17, 15) is 0 Å². The van der Waals surface area contributed by atoms with Gasteiger partial charge in [-0.2, -0.15) is 5.26 Å². The maximum absolute atomic E-state index is 8.20. The first-order valence-corrected chi connectivity index (χ1v) is 3.46. The van der Waals surface area contributed by atoms with Crippen molar-refractivity contribution in [3.05, 3.63) is 0 Å². The Morgan fingerprint density at radius 1 is 1.78 bits per heavy atom. The summed E-state index contributed by atoms with van der Waals surface area (Å²) in [6.45, 7) is 3.98. The van der Waals surface area contributed by atoms with Gasteiger partial charge in [0.25, 0.3) is 0 Å². The molecule has 0 bridgehead atoms. The second kappa shape index (κ2) is 4.46. The van der Waals surface area contributed by atoms with Crippen molar-refractivity contribution in [1.82, 2.24) is 0 Å². The largest absolute Gasteiger partial charge is 0.198 e. The summed E-state index contributed by atoms with van der Waals surface area (Å²) in [4.78, 5) is 1.00. The molecule has 0 saturated carbocycles. The van der Waals surface area contributed by atoms with Gasteiger partial charge in [-0.25, -0.2) is 0 Å². The Labute approximate surface area is 61.7 Å². The van der Waals surface area contributed by atoms with Crippen molar-refractivity contribution >= 4 is 17.1 Å². The van der Waals surface area contributed by atoms with E-state index >= 15 is 0 Å². The third-order valence-corrected chi connectivity index (χ3v) is 1.79. The fraction of sp³-hybridized carbons (Fsp3) is 0.714. The maximum Gasteiger partial charge on any atom is 0.0621 e. The average molecular weight is 141 g/mol. The van der Waals surface area contributed by atoms with Gasteiger partial charge in [0.1, 0.15) is 0 Å². The number of nitriles is 1. The lowest BCUT2D eigenvalue weighted by Gasteiger charge is -2.04. The van der Waals surface area contributed by atoms with Gasteiger partial charge in [0.2, 0.25) is 0 Å². The van der Waals surface area contributed by atoms with Crippen LogP contribution in [0.3, 0.4) is 0 Å². The van der Waals surface area contributed by atoms with Gasteiger partial charge in [-0.05, 0) is 24.1 Å². The van der Waals surface area contributed by atoms with Crippen LogP contribution < -0.4 is 0 Å². The summed E-state index contributed by atoms with van der Waals surface area (Å²) in [5.74, 6) is 0.430. The topological polar surface area (TPSA) is 23.8 Å². The van der Waals surface area contributed by atoms with E-state index in [-0.39, 0.29) is 0 Å². The highest BCUT2D eigenvalue weighted by Crippen LogP contribution is 2.06. The van der Waals surface area contributed by atoms with Crippen LogP contribution in [0.4, 0.5) is 0 Å². The van der Waals surface area contributed by atoms with Crippen molar-refractivity contribution in [2.45, 2.75) is 26.7 Å². The van der Waals surface area contributed by atoms with Crippen molar-refractivity contribution < 1.29 is 0 Å². The molecule has 0 heterocycles. The predicted molar refractivity (Wildman–Crippen MR) is 42.3 cm³/mol. The Bertz CT molecular complexity index is 134. The van der Waals surface area contributed by atoms with Gasteiger partial charge in [-0.15, -0.1) is 0 Å². The first-order chi connectivity index (χ1) is 4.18. The molecule has 0 fully saturated rings. The van der Waals surface area contributed by atoms with Crippen LogP contribution >= 0.6 is 12.2 Å². The minimum Gasteiger partial charge on any atom is -0.198 e. The second-order valence-electron chi connectivity index (χ2n) is 2.21. The minimum atomic E-state index is 0.430. The van der Waals surface area contributed by atoms with E-state index in [1.54, 1.807) is 0 Å². The highest BCUT2D eigenvalue weighted by atomic mass is 32.1. The zero-order valence-electron chi connectivity index (χ0n) is 5.85. The summed E-state index contributed by atoms with van der Waals surface area (Å²) >= 11 is 4.92.